The predicted octanol–water partition coefficient (Wildman–Crippen LogP) is 1.86. The van der Waals surface area contributed by atoms with Gasteiger partial charge in [-0.15, -0.1) is 0 Å². The molecular formula is C13H23NO2. The van der Waals surface area contributed by atoms with Crippen LogP contribution < -0.4 is 5.32 Å². The molecule has 1 N–H and O–H groups in total. The summed E-state index contributed by atoms with van der Waals surface area (Å²) in [5, 5.41) is 3.79. The van der Waals surface area contributed by atoms with E-state index >= 15 is 0 Å². The van der Waals surface area contributed by atoms with Gasteiger partial charge in [0.15, 0.2) is 0 Å². The Hall–Kier alpha value is -0.120. The van der Waals surface area contributed by atoms with Gasteiger partial charge in [0.2, 0.25) is 0 Å². The van der Waals surface area contributed by atoms with Gasteiger partial charge in [0, 0.05) is 25.3 Å². The van der Waals surface area contributed by atoms with Gasteiger partial charge in [-0.3, -0.25) is 0 Å². The van der Waals surface area contributed by atoms with Crippen molar-refractivity contribution < 1.29 is 9.47 Å². The number of ether oxygens (including phenoxy) is 2. The molecule has 1 aliphatic carbocycles. The number of hydrogen-bond donors (Lipinski definition) is 1. The first-order valence-corrected chi connectivity index (χ1v) is 6.79. The molecule has 3 atom stereocenters. The fourth-order valence-corrected chi connectivity index (χ4v) is 3.34. The van der Waals surface area contributed by atoms with Gasteiger partial charge in [-0.05, 0) is 45.4 Å². The average Bonchev–Trinajstić information content (AvgIpc) is 2.63. The first kappa shape index (κ1) is 11.0. The molecule has 1 spiro atoms. The Balaban J connectivity index is 1.54. The molecule has 0 aromatic rings. The highest BCUT2D eigenvalue weighted by atomic mass is 16.5. The van der Waals surface area contributed by atoms with E-state index in [1.807, 2.05) is 0 Å². The van der Waals surface area contributed by atoms with Crippen molar-refractivity contribution in [3.8, 4) is 0 Å². The van der Waals surface area contributed by atoms with Crippen molar-refractivity contribution in [1.29, 1.82) is 0 Å². The first-order valence-electron chi connectivity index (χ1n) is 6.79. The summed E-state index contributed by atoms with van der Waals surface area (Å²) in [5.41, 5.74) is 0.263. The molecular weight excluding hydrogens is 202 g/mol. The van der Waals surface area contributed by atoms with Gasteiger partial charge in [-0.25, -0.2) is 0 Å². The van der Waals surface area contributed by atoms with E-state index in [1.54, 1.807) is 0 Å². The molecule has 0 radical (unpaired) electrons. The summed E-state index contributed by atoms with van der Waals surface area (Å²) in [4.78, 5) is 0. The molecule has 2 saturated heterocycles. The summed E-state index contributed by atoms with van der Waals surface area (Å²) in [6.45, 7) is 4.05. The maximum absolute atomic E-state index is 5.95. The fraction of sp³-hybridized carbons (Fsp3) is 1.00. The molecule has 3 unspecified atom stereocenters. The smallest absolute Gasteiger partial charge is 0.0700 e. The average molecular weight is 225 g/mol. The Morgan fingerprint density at radius 2 is 2.06 bits per heavy atom. The van der Waals surface area contributed by atoms with Gasteiger partial charge in [-0.1, -0.05) is 0 Å². The van der Waals surface area contributed by atoms with Gasteiger partial charge in [0.25, 0.3) is 0 Å². The van der Waals surface area contributed by atoms with Crippen LogP contribution in [0.5, 0.6) is 0 Å². The van der Waals surface area contributed by atoms with Crippen molar-refractivity contribution in [1.82, 2.24) is 5.32 Å². The molecule has 3 fully saturated rings. The third-order valence-electron chi connectivity index (χ3n) is 4.58. The third-order valence-corrected chi connectivity index (χ3v) is 4.58. The van der Waals surface area contributed by atoms with E-state index < -0.39 is 0 Å². The summed E-state index contributed by atoms with van der Waals surface area (Å²) in [5.74, 6) is 0. The molecule has 0 aromatic heterocycles. The molecule has 0 bridgehead atoms. The second-order valence-electron chi connectivity index (χ2n) is 5.71. The zero-order valence-electron chi connectivity index (χ0n) is 10.2. The number of rotatable bonds is 2. The molecule has 0 amide bonds. The zero-order chi connectivity index (χ0) is 11.0. The van der Waals surface area contributed by atoms with Crippen molar-refractivity contribution in [2.45, 2.75) is 69.2 Å². The summed E-state index contributed by atoms with van der Waals surface area (Å²) in [7, 11) is 0. The predicted molar refractivity (Wildman–Crippen MR) is 62.5 cm³/mol. The lowest BCUT2D eigenvalue weighted by atomic mass is 9.74. The van der Waals surface area contributed by atoms with Crippen LogP contribution in [-0.4, -0.2) is 37.0 Å². The fourth-order valence-electron chi connectivity index (χ4n) is 3.34. The van der Waals surface area contributed by atoms with Crippen molar-refractivity contribution in [3.63, 3.8) is 0 Å². The van der Waals surface area contributed by atoms with Crippen molar-refractivity contribution in [3.05, 3.63) is 0 Å². The molecule has 3 aliphatic rings. The van der Waals surface area contributed by atoms with Crippen molar-refractivity contribution in [2.75, 3.05) is 13.2 Å². The van der Waals surface area contributed by atoms with Gasteiger partial charge in [0.05, 0.1) is 11.7 Å². The van der Waals surface area contributed by atoms with Crippen LogP contribution in [0.3, 0.4) is 0 Å². The lowest BCUT2D eigenvalue weighted by molar-refractivity contribution is -0.136. The molecule has 92 valence electrons. The summed E-state index contributed by atoms with van der Waals surface area (Å²) < 4.78 is 11.6. The maximum atomic E-state index is 5.95. The van der Waals surface area contributed by atoms with Gasteiger partial charge in [-0.2, -0.15) is 0 Å². The molecule has 3 nitrogen and oxygen atoms in total. The van der Waals surface area contributed by atoms with E-state index in [0.717, 1.165) is 13.2 Å². The molecule has 3 heteroatoms. The minimum Gasteiger partial charge on any atom is -0.377 e. The molecule has 3 rings (SSSR count). The molecule has 2 heterocycles. The van der Waals surface area contributed by atoms with E-state index in [2.05, 4.69) is 12.2 Å². The van der Waals surface area contributed by atoms with E-state index in [1.165, 1.54) is 38.5 Å². The first-order chi connectivity index (χ1) is 7.77. The molecule has 0 aromatic carbocycles. The highest BCUT2D eigenvalue weighted by Crippen LogP contribution is 2.42. The van der Waals surface area contributed by atoms with Crippen LogP contribution in [0.4, 0.5) is 0 Å². The number of nitrogens with one attached hydrogen (secondary N) is 1. The van der Waals surface area contributed by atoms with Crippen LogP contribution in [0.2, 0.25) is 0 Å². The van der Waals surface area contributed by atoms with E-state index in [-0.39, 0.29) is 5.60 Å². The Morgan fingerprint density at radius 3 is 2.69 bits per heavy atom. The second-order valence-corrected chi connectivity index (χ2v) is 5.71. The van der Waals surface area contributed by atoms with Crippen LogP contribution in [0.15, 0.2) is 0 Å². The largest absolute Gasteiger partial charge is 0.377 e. The zero-order valence-corrected chi connectivity index (χ0v) is 10.2. The van der Waals surface area contributed by atoms with Crippen LogP contribution in [0.1, 0.15) is 45.4 Å². The van der Waals surface area contributed by atoms with E-state index in [9.17, 15) is 0 Å². The molecule has 1 saturated carbocycles. The van der Waals surface area contributed by atoms with Crippen molar-refractivity contribution >= 4 is 0 Å². The SMILES string of the molecule is CC1OCCC1NC1CCOC2(CCC2)C1. The maximum Gasteiger partial charge on any atom is 0.0700 e. The summed E-state index contributed by atoms with van der Waals surface area (Å²) >= 11 is 0. The topological polar surface area (TPSA) is 30.5 Å². The second kappa shape index (κ2) is 4.28. The highest BCUT2D eigenvalue weighted by Gasteiger charge is 2.43. The number of hydrogen-bond acceptors (Lipinski definition) is 3. The van der Waals surface area contributed by atoms with Crippen LogP contribution in [0, 0.1) is 0 Å². The summed E-state index contributed by atoms with van der Waals surface area (Å²) in [6.07, 6.45) is 7.87. The van der Waals surface area contributed by atoms with Crippen LogP contribution in [0.25, 0.3) is 0 Å². The summed E-state index contributed by atoms with van der Waals surface area (Å²) in [6, 6.07) is 1.23. The Morgan fingerprint density at radius 1 is 1.19 bits per heavy atom. The van der Waals surface area contributed by atoms with E-state index in [0.29, 0.717) is 18.2 Å². The standard InChI is InChI=1S/C13H23NO2/c1-10-12(4-7-15-10)14-11-3-8-16-13(9-11)5-2-6-13/h10-12,14H,2-9H2,1H3. The quantitative estimate of drug-likeness (QED) is 0.778. The third kappa shape index (κ3) is 2.01. The Kier molecular flexibility index (Phi) is 2.94. The normalized spacial score (nSPS) is 42.2. The molecule has 2 aliphatic heterocycles. The van der Waals surface area contributed by atoms with Gasteiger partial charge >= 0.3 is 0 Å². The van der Waals surface area contributed by atoms with Crippen LogP contribution in [-0.2, 0) is 9.47 Å². The van der Waals surface area contributed by atoms with E-state index in [4.69, 9.17) is 9.47 Å². The van der Waals surface area contributed by atoms with Crippen molar-refractivity contribution in [2.24, 2.45) is 0 Å². The monoisotopic (exact) mass is 225 g/mol. The Bertz CT molecular complexity index is 252. The van der Waals surface area contributed by atoms with Gasteiger partial charge in [0.1, 0.15) is 0 Å². The minimum absolute atomic E-state index is 0.263. The van der Waals surface area contributed by atoms with Gasteiger partial charge < -0.3 is 14.8 Å². The lowest BCUT2D eigenvalue weighted by Crippen LogP contribution is -2.53. The highest BCUT2D eigenvalue weighted by molar-refractivity contribution is 4.97. The minimum atomic E-state index is 0.263. The van der Waals surface area contributed by atoms with Crippen LogP contribution >= 0.6 is 0 Å². The Labute approximate surface area is 97.9 Å². The molecule has 16 heavy (non-hydrogen) atoms. The lowest BCUT2D eigenvalue weighted by Gasteiger charge is -2.48.